The van der Waals surface area contributed by atoms with Crippen LogP contribution in [0.3, 0.4) is 0 Å². The van der Waals surface area contributed by atoms with Crippen LogP contribution in [0.25, 0.3) is 27.8 Å². The number of allylic oxidation sites excluding steroid dienone is 9. The van der Waals surface area contributed by atoms with Crippen LogP contribution < -0.4 is 0 Å². The van der Waals surface area contributed by atoms with Crippen molar-refractivity contribution in [1.82, 2.24) is 0 Å². The average molecular weight is 505 g/mol. The summed E-state index contributed by atoms with van der Waals surface area (Å²) in [5.74, 6) is 0. The van der Waals surface area contributed by atoms with E-state index in [1.807, 2.05) is 13.0 Å². The summed E-state index contributed by atoms with van der Waals surface area (Å²) in [6.07, 6.45) is 14.9. The van der Waals surface area contributed by atoms with Crippen LogP contribution in [0, 0.1) is 0 Å². The Balaban J connectivity index is 1.62. The molecule has 5 rings (SSSR count). The molecule has 0 aliphatic heterocycles. The molecule has 192 valence electrons. The first-order valence-corrected chi connectivity index (χ1v) is 13.8. The molecule has 1 aliphatic carbocycles. The molecule has 0 saturated heterocycles. The summed E-state index contributed by atoms with van der Waals surface area (Å²) < 4.78 is 0. The van der Waals surface area contributed by atoms with Gasteiger partial charge >= 0.3 is 0 Å². The van der Waals surface area contributed by atoms with Gasteiger partial charge < -0.3 is 0 Å². The van der Waals surface area contributed by atoms with Crippen molar-refractivity contribution in [3.63, 3.8) is 0 Å². The molecule has 0 radical (unpaired) electrons. The topological polar surface area (TPSA) is 0 Å². The Kier molecular flexibility index (Phi) is 7.75. The average Bonchev–Trinajstić information content (AvgIpc) is 3.19. The fraction of sp³-hybridized carbons (Fsp3) is 0.128. The van der Waals surface area contributed by atoms with E-state index < -0.39 is 0 Å². The second-order valence-corrected chi connectivity index (χ2v) is 10.5. The highest BCUT2D eigenvalue weighted by Crippen LogP contribution is 2.52. The summed E-state index contributed by atoms with van der Waals surface area (Å²) in [6, 6.07) is 37.4. The third kappa shape index (κ3) is 5.29. The third-order valence-corrected chi connectivity index (χ3v) is 7.54. The maximum absolute atomic E-state index is 2.39. The summed E-state index contributed by atoms with van der Waals surface area (Å²) in [4.78, 5) is 0. The summed E-state index contributed by atoms with van der Waals surface area (Å²) in [7, 11) is 0. The third-order valence-electron chi connectivity index (χ3n) is 7.54. The Hall–Kier alpha value is -4.42. The first-order valence-electron chi connectivity index (χ1n) is 13.8. The van der Waals surface area contributed by atoms with E-state index in [0.717, 1.165) is 0 Å². The zero-order valence-electron chi connectivity index (χ0n) is 23.4. The van der Waals surface area contributed by atoms with E-state index in [4.69, 9.17) is 0 Å². The van der Waals surface area contributed by atoms with Crippen molar-refractivity contribution in [1.29, 1.82) is 0 Å². The molecule has 0 nitrogen and oxygen atoms in total. The van der Waals surface area contributed by atoms with E-state index in [0.29, 0.717) is 0 Å². The van der Waals surface area contributed by atoms with Crippen LogP contribution in [-0.4, -0.2) is 0 Å². The van der Waals surface area contributed by atoms with Gasteiger partial charge in [0.25, 0.3) is 0 Å². The molecule has 4 aromatic carbocycles. The van der Waals surface area contributed by atoms with E-state index >= 15 is 0 Å². The maximum Gasteiger partial charge on any atom is 0.0164 e. The second-order valence-electron chi connectivity index (χ2n) is 10.5. The van der Waals surface area contributed by atoms with Gasteiger partial charge in [0.15, 0.2) is 0 Å². The van der Waals surface area contributed by atoms with Gasteiger partial charge in [-0.05, 0) is 81.6 Å². The predicted octanol–water partition coefficient (Wildman–Crippen LogP) is 10.7. The first-order chi connectivity index (χ1) is 19.0. The van der Waals surface area contributed by atoms with Crippen molar-refractivity contribution in [3.8, 4) is 11.1 Å². The molecule has 0 saturated carbocycles. The number of rotatable bonds is 7. The van der Waals surface area contributed by atoms with Gasteiger partial charge in [0.05, 0.1) is 0 Å². The van der Waals surface area contributed by atoms with Crippen LogP contribution in [-0.2, 0) is 5.41 Å². The SMILES string of the molecule is C/C=C\C1=C(c2ccccc2)C(C)(C)c2ccc(-c3cccc(\C(=C/C=C\C=C\C)c4ccccc4)c3)cc21. The van der Waals surface area contributed by atoms with Crippen molar-refractivity contribution >= 4 is 16.7 Å². The molecule has 0 fully saturated rings. The summed E-state index contributed by atoms with van der Waals surface area (Å²) in [5.41, 5.74) is 12.7. The Morgan fingerprint density at radius 3 is 1.97 bits per heavy atom. The van der Waals surface area contributed by atoms with Crippen LogP contribution in [0.15, 0.2) is 146 Å². The Labute approximate surface area is 234 Å². The highest BCUT2D eigenvalue weighted by Gasteiger charge is 2.37. The molecule has 4 aromatic rings. The quantitative estimate of drug-likeness (QED) is 0.220. The first kappa shape index (κ1) is 26.2. The minimum Gasteiger partial charge on any atom is -0.0877 e. The normalized spacial score (nSPS) is 15.1. The lowest BCUT2D eigenvalue weighted by molar-refractivity contribution is 0.704. The standard InChI is InChI=1S/C39H36/c1-5-7-8-15-24-34(29-18-11-9-12-19-29)33-23-16-22-31(27-33)32-25-26-37-36(28-32)35(17-6-2)38(39(37,3)4)30-20-13-10-14-21-30/h5-28H,1-4H3/b7-5+,15-8-,17-6-,34-24-. The molecule has 0 heterocycles. The summed E-state index contributed by atoms with van der Waals surface area (Å²) >= 11 is 0. The van der Waals surface area contributed by atoms with Crippen LogP contribution in [0.5, 0.6) is 0 Å². The van der Waals surface area contributed by atoms with Crippen LogP contribution >= 0.6 is 0 Å². The highest BCUT2D eigenvalue weighted by atomic mass is 14.4. The summed E-state index contributed by atoms with van der Waals surface area (Å²) in [5, 5.41) is 0. The monoisotopic (exact) mass is 504 g/mol. The highest BCUT2D eigenvalue weighted by molar-refractivity contribution is 6.05. The van der Waals surface area contributed by atoms with Gasteiger partial charge in [-0.3, -0.25) is 0 Å². The molecular weight excluding hydrogens is 468 g/mol. The molecule has 39 heavy (non-hydrogen) atoms. The fourth-order valence-corrected chi connectivity index (χ4v) is 5.73. The van der Waals surface area contributed by atoms with Gasteiger partial charge in [-0.25, -0.2) is 0 Å². The lowest BCUT2D eigenvalue weighted by atomic mass is 9.78. The molecule has 0 heteroatoms. The lowest BCUT2D eigenvalue weighted by Crippen LogP contribution is -2.16. The van der Waals surface area contributed by atoms with Gasteiger partial charge in [0.2, 0.25) is 0 Å². The van der Waals surface area contributed by atoms with Crippen molar-refractivity contribution < 1.29 is 0 Å². The molecule has 0 atom stereocenters. The van der Waals surface area contributed by atoms with Crippen molar-refractivity contribution in [2.45, 2.75) is 33.1 Å². The van der Waals surface area contributed by atoms with Crippen molar-refractivity contribution in [3.05, 3.63) is 173 Å². The Bertz CT molecular complexity index is 1600. The molecule has 0 aromatic heterocycles. The van der Waals surface area contributed by atoms with E-state index in [2.05, 4.69) is 160 Å². The second kappa shape index (κ2) is 11.5. The molecule has 0 spiro atoms. The van der Waals surface area contributed by atoms with Crippen molar-refractivity contribution in [2.75, 3.05) is 0 Å². The zero-order valence-corrected chi connectivity index (χ0v) is 23.4. The summed E-state index contributed by atoms with van der Waals surface area (Å²) in [6.45, 7) is 8.84. The smallest absolute Gasteiger partial charge is 0.0164 e. The predicted molar refractivity (Wildman–Crippen MR) is 170 cm³/mol. The molecular formula is C39H36. The lowest BCUT2D eigenvalue weighted by Gasteiger charge is -2.25. The van der Waals surface area contributed by atoms with Gasteiger partial charge in [0.1, 0.15) is 0 Å². The van der Waals surface area contributed by atoms with Crippen LogP contribution in [0.4, 0.5) is 0 Å². The van der Waals surface area contributed by atoms with Crippen LogP contribution in [0.1, 0.15) is 55.5 Å². The van der Waals surface area contributed by atoms with Gasteiger partial charge in [-0.2, -0.15) is 0 Å². The largest absolute Gasteiger partial charge is 0.0877 e. The zero-order chi connectivity index (χ0) is 27.2. The minimum absolute atomic E-state index is 0.0750. The van der Waals surface area contributed by atoms with Crippen LogP contribution in [0.2, 0.25) is 0 Å². The molecule has 0 amide bonds. The number of hydrogen-bond acceptors (Lipinski definition) is 0. The van der Waals surface area contributed by atoms with Gasteiger partial charge in [0, 0.05) is 5.41 Å². The number of benzene rings is 4. The number of hydrogen-bond donors (Lipinski definition) is 0. The van der Waals surface area contributed by atoms with E-state index in [-0.39, 0.29) is 5.41 Å². The maximum atomic E-state index is 2.39. The number of fused-ring (bicyclic) bond motifs is 1. The Morgan fingerprint density at radius 2 is 1.26 bits per heavy atom. The van der Waals surface area contributed by atoms with Gasteiger partial charge in [-0.15, -0.1) is 0 Å². The molecule has 1 aliphatic rings. The molecule has 0 N–H and O–H groups in total. The molecule has 0 unspecified atom stereocenters. The Morgan fingerprint density at radius 1 is 0.590 bits per heavy atom. The minimum atomic E-state index is -0.0750. The van der Waals surface area contributed by atoms with Gasteiger partial charge in [-0.1, -0.05) is 147 Å². The fourth-order valence-electron chi connectivity index (χ4n) is 5.73. The molecule has 0 bridgehead atoms. The van der Waals surface area contributed by atoms with E-state index in [1.165, 1.54) is 55.7 Å². The van der Waals surface area contributed by atoms with Crippen molar-refractivity contribution in [2.24, 2.45) is 0 Å². The van der Waals surface area contributed by atoms with E-state index in [9.17, 15) is 0 Å². The van der Waals surface area contributed by atoms with E-state index in [1.54, 1.807) is 0 Å².